The second kappa shape index (κ2) is 5.38. The summed E-state index contributed by atoms with van der Waals surface area (Å²) in [4.78, 5) is 16.9. The van der Waals surface area contributed by atoms with Crippen LogP contribution in [0.25, 0.3) is 11.3 Å². The van der Waals surface area contributed by atoms with E-state index in [-0.39, 0.29) is 5.91 Å². The zero-order valence-electron chi connectivity index (χ0n) is 14.4. The lowest BCUT2D eigenvalue weighted by Crippen LogP contribution is -2.71. The molecule has 0 aliphatic carbocycles. The van der Waals surface area contributed by atoms with Crippen molar-refractivity contribution in [1.82, 2.24) is 20.0 Å². The van der Waals surface area contributed by atoms with Crippen molar-refractivity contribution in [2.75, 3.05) is 33.2 Å². The Balaban J connectivity index is 1.48. The lowest BCUT2D eigenvalue weighted by Gasteiger charge is -2.59. The van der Waals surface area contributed by atoms with Crippen LogP contribution in [0.5, 0.6) is 0 Å². The first kappa shape index (κ1) is 15.3. The summed E-state index contributed by atoms with van der Waals surface area (Å²) < 4.78 is 0. The average Bonchev–Trinajstić information content (AvgIpc) is 2.52. The lowest BCUT2D eigenvalue weighted by atomic mass is 9.73. The van der Waals surface area contributed by atoms with Crippen LogP contribution in [-0.2, 0) is 0 Å². The second-order valence-corrected chi connectivity index (χ2v) is 7.41. The molecule has 0 unspecified atom stereocenters. The molecule has 5 heteroatoms. The number of benzene rings is 1. The summed E-state index contributed by atoms with van der Waals surface area (Å²) in [6.07, 6.45) is 1.77. The van der Waals surface area contributed by atoms with Crippen molar-refractivity contribution in [3.63, 3.8) is 0 Å². The number of nitrogens with zero attached hydrogens (tertiary/aromatic N) is 4. The number of rotatable bonds is 2. The molecule has 24 heavy (non-hydrogen) atoms. The fraction of sp³-hybridized carbons (Fsp3) is 0.421. The highest BCUT2D eigenvalue weighted by Crippen LogP contribution is 2.39. The van der Waals surface area contributed by atoms with Crippen LogP contribution >= 0.6 is 0 Å². The molecule has 2 saturated heterocycles. The van der Waals surface area contributed by atoms with Gasteiger partial charge in [-0.1, -0.05) is 12.1 Å². The van der Waals surface area contributed by atoms with E-state index < -0.39 is 0 Å². The van der Waals surface area contributed by atoms with Crippen LogP contribution in [0.1, 0.15) is 21.5 Å². The summed E-state index contributed by atoms with van der Waals surface area (Å²) in [6, 6.07) is 7.74. The summed E-state index contributed by atoms with van der Waals surface area (Å²) in [6.45, 7) is 8.08. The molecule has 1 aromatic heterocycles. The molecule has 5 nitrogen and oxygen atoms in total. The van der Waals surface area contributed by atoms with Gasteiger partial charge in [0.25, 0.3) is 5.91 Å². The molecule has 2 aromatic rings. The average molecular weight is 322 g/mol. The predicted molar refractivity (Wildman–Crippen MR) is 92.8 cm³/mol. The smallest absolute Gasteiger partial charge is 0.253 e. The molecule has 124 valence electrons. The van der Waals surface area contributed by atoms with E-state index in [0.717, 1.165) is 54.1 Å². The highest BCUT2D eigenvalue weighted by atomic mass is 16.2. The van der Waals surface area contributed by atoms with Gasteiger partial charge >= 0.3 is 0 Å². The summed E-state index contributed by atoms with van der Waals surface area (Å²) in [5.74, 6) is 0.133. The quantitative estimate of drug-likeness (QED) is 0.850. The van der Waals surface area contributed by atoms with Gasteiger partial charge in [-0.25, -0.2) is 0 Å². The largest absolute Gasteiger partial charge is 0.337 e. The fourth-order valence-electron chi connectivity index (χ4n) is 3.97. The van der Waals surface area contributed by atoms with Crippen LogP contribution in [0.15, 0.2) is 30.5 Å². The molecule has 1 spiro atoms. The Kier molecular flexibility index (Phi) is 3.42. The van der Waals surface area contributed by atoms with Crippen LogP contribution < -0.4 is 0 Å². The SMILES string of the molecule is Cc1cnnc(-c2ccc(C(=O)N3CC4(CN(C)C4)C3)cc2)c1C. The van der Waals surface area contributed by atoms with Gasteiger partial charge in [0.05, 0.1) is 11.9 Å². The highest BCUT2D eigenvalue weighted by molar-refractivity contribution is 5.95. The Bertz CT molecular complexity index is 786. The number of hydrogen-bond donors (Lipinski definition) is 0. The molecule has 3 heterocycles. The molecule has 1 amide bonds. The molecular formula is C19H22N4O. The van der Waals surface area contributed by atoms with Gasteiger partial charge in [-0.2, -0.15) is 10.2 Å². The van der Waals surface area contributed by atoms with E-state index in [1.165, 1.54) is 0 Å². The number of aryl methyl sites for hydroxylation is 1. The predicted octanol–water partition coefficient (Wildman–Crippen LogP) is 2.15. The van der Waals surface area contributed by atoms with Gasteiger partial charge in [-0.15, -0.1) is 0 Å². The maximum absolute atomic E-state index is 12.6. The van der Waals surface area contributed by atoms with Gasteiger partial charge in [-0.05, 0) is 44.2 Å². The van der Waals surface area contributed by atoms with Gasteiger partial charge in [0.2, 0.25) is 0 Å². The first-order valence-electron chi connectivity index (χ1n) is 8.35. The Morgan fingerprint density at radius 2 is 1.75 bits per heavy atom. The maximum atomic E-state index is 12.6. The molecule has 2 aliphatic rings. The van der Waals surface area contributed by atoms with Crippen molar-refractivity contribution >= 4 is 5.91 Å². The van der Waals surface area contributed by atoms with Crippen LogP contribution in [0.2, 0.25) is 0 Å². The minimum Gasteiger partial charge on any atom is -0.337 e. The highest BCUT2D eigenvalue weighted by Gasteiger charge is 2.51. The number of likely N-dealkylation sites (tertiary alicyclic amines) is 2. The van der Waals surface area contributed by atoms with Gasteiger partial charge < -0.3 is 9.80 Å². The van der Waals surface area contributed by atoms with E-state index in [2.05, 4.69) is 22.1 Å². The third-order valence-corrected chi connectivity index (χ3v) is 5.31. The maximum Gasteiger partial charge on any atom is 0.253 e. The summed E-state index contributed by atoms with van der Waals surface area (Å²) in [5, 5.41) is 8.28. The normalized spacial score (nSPS) is 19.0. The summed E-state index contributed by atoms with van der Waals surface area (Å²) in [5.41, 5.74) is 5.26. The first-order chi connectivity index (χ1) is 11.5. The van der Waals surface area contributed by atoms with E-state index in [1.807, 2.05) is 43.0 Å². The van der Waals surface area contributed by atoms with E-state index in [9.17, 15) is 4.79 Å². The van der Waals surface area contributed by atoms with Crippen molar-refractivity contribution < 1.29 is 4.79 Å². The van der Waals surface area contributed by atoms with E-state index in [0.29, 0.717) is 5.41 Å². The molecule has 0 saturated carbocycles. The van der Waals surface area contributed by atoms with Crippen LogP contribution in [-0.4, -0.2) is 59.1 Å². The number of aromatic nitrogens is 2. The van der Waals surface area contributed by atoms with Crippen molar-refractivity contribution in [2.45, 2.75) is 13.8 Å². The third kappa shape index (κ3) is 2.40. The van der Waals surface area contributed by atoms with Gasteiger partial charge in [-0.3, -0.25) is 4.79 Å². The standard InChI is InChI=1S/C19H22N4O/c1-13-8-20-21-17(14(13)2)15-4-6-16(7-5-15)18(24)23-11-19(12-23)9-22(3)10-19/h4-8H,9-12H2,1-3H3. The van der Waals surface area contributed by atoms with Crippen LogP contribution in [0.3, 0.4) is 0 Å². The molecule has 4 rings (SSSR count). The first-order valence-corrected chi connectivity index (χ1v) is 8.35. The van der Waals surface area contributed by atoms with Crippen LogP contribution in [0.4, 0.5) is 0 Å². The van der Waals surface area contributed by atoms with Crippen molar-refractivity contribution in [2.24, 2.45) is 5.41 Å². The Morgan fingerprint density at radius 3 is 2.38 bits per heavy atom. The number of amides is 1. The molecule has 0 N–H and O–H groups in total. The number of carbonyl (C=O) groups is 1. The molecule has 0 atom stereocenters. The minimum absolute atomic E-state index is 0.133. The lowest BCUT2D eigenvalue weighted by molar-refractivity contribution is -0.0872. The molecule has 0 bridgehead atoms. The third-order valence-electron chi connectivity index (χ3n) is 5.31. The van der Waals surface area contributed by atoms with Crippen molar-refractivity contribution in [3.8, 4) is 11.3 Å². The van der Waals surface area contributed by atoms with E-state index in [1.54, 1.807) is 6.20 Å². The topological polar surface area (TPSA) is 49.3 Å². The van der Waals surface area contributed by atoms with Crippen molar-refractivity contribution in [3.05, 3.63) is 47.2 Å². The zero-order valence-corrected chi connectivity index (χ0v) is 14.4. The van der Waals surface area contributed by atoms with Crippen LogP contribution in [0, 0.1) is 19.3 Å². The zero-order chi connectivity index (χ0) is 16.9. The molecule has 2 fully saturated rings. The minimum atomic E-state index is 0.133. The molecule has 0 radical (unpaired) electrons. The second-order valence-electron chi connectivity index (χ2n) is 7.41. The van der Waals surface area contributed by atoms with Gasteiger partial charge in [0.15, 0.2) is 0 Å². The monoisotopic (exact) mass is 322 g/mol. The molecule has 2 aliphatic heterocycles. The molecular weight excluding hydrogens is 300 g/mol. The Hall–Kier alpha value is -2.27. The number of carbonyl (C=O) groups excluding carboxylic acids is 1. The van der Waals surface area contributed by atoms with Gasteiger partial charge in [0, 0.05) is 42.7 Å². The van der Waals surface area contributed by atoms with Gasteiger partial charge in [0.1, 0.15) is 0 Å². The fourth-order valence-corrected chi connectivity index (χ4v) is 3.97. The molecule has 1 aromatic carbocycles. The Morgan fingerprint density at radius 1 is 1.08 bits per heavy atom. The van der Waals surface area contributed by atoms with E-state index in [4.69, 9.17) is 0 Å². The van der Waals surface area contributed by atoms with Crippen molar-refractivity contribution in [1.29, 1.82) is 0 Å². The Labute approximate surface area is 142 Å². The summed E-state index contributed by atoms with van der Waals surface area (Å²) in [7, 11) is 2.13. The number of hydrogen-bond acceptors (Lipinski definition) is 4. The summed E-state index contributed by atoms with van der Waals surface area (Å²) >= 11 is 0. The van der Waals surface area contributed by atoms with E-state index >= 15 is 0 Å².